The Morgan fingerprint density at radius 2 is 2.22 bits per heavy atom. The maximum absolute atomic E-state index is 6.09. The zero-order valence-electron chi connectivity index (χ0n) is 10.9. The fourth-order valence-electron chi connectivity index (χ4n) is 2.16. The highest BCUT2D eigenvalue weighted by Crippen LogP contribution is 2.29. The van der Waals surface area contributed by atoms with Gasteiger partial charge in [-0.05, 0) is 19.6 Å². The van der Waals surface area contributed by atoms with Crippen LogP contribution >= 0.6 is 11.8 Å². The topological polar surface area (TPSA) is 39.4 Å². The van der Waals surface area contributed by atoms with Crippen molar-refractivity contribution in [2.75, 3.05) is 11.5 Å². The zero-order chi connectivity index (χ0) is 12.7. The monoisotopic (exact) mass is 263 g/mol. The zero-order valence-corrected chi connectivity index (χ0v) is 11.7. The van der Waals surface area contributed by atoms with E-state index >= 15 is 0 Å². The Labute approximate surface area is 111 Å². The van der Waals surface area contributed by atoms with E-state index in [1.54, 1.807) is 4.52 Å². The van der Waals surface area contributed by atoms with E-state index in [9.17, 15) is 0 Å². The number of hydrogen-bond acceptors (Lipinski definition) is 4. The molecule has 96 valence electrons. The number of thioether (sulfide) groups is 1. The molecular formula is C13H17N3OS. The third-order valence-electron chi connectivity index (χ3n) is 3.39. The quantitative estimate of drug-likeness (QED) is 0.834. The highest BCUT2D eigenvalue weighted by atomic mass is 32.2. The Morgan fingerprint density at radius 3 is 2.94 bits per heavy atom. The van der Waals surface area contributed by atoms with Crippen molar-refractivity contribution in [2.45, 2.75) is 26.9 Å². The minimum atomic E-state index is 0.296. The molecule has 4 nitrogen and oxygen atoms in total. The number of aromatic nitrogens is 3. The van der Waals surface area contributed by atoms with Gasteiger partial charge in [-0.15, -0.1) is 0 Å². The first-order valence-electron chi connectivity index (χ1n) is 6.21. The molecule has 0 spiro atoms. The smallest absolute Gasteiger partial charge is 0.159 e. The summed E-state index contributed by atoms with van der Waals surface area (Å²) in [6.45, 7) is 6.25. The summed E-state index contributed by atoms with van der Waals surface area (Å²) >= 11 is 1.96. The molecule has 1 aliphatic rings. The first-order chi connectivity index (χ1) is 8.65. The van der Waals surface area contributed by atoms with Crippen LogP contribution in [0.1, 0.15) is 18.2 Å². The van der Waals surface area contributed by atoms with Crippen molar-refractivity contribution < 1.29 is 4.74 Å². The molecule has 2 aromatic rings. The standard InChI is InChI=1S/C13H17N3OS/c1-8-4-14-16-5-11(10(3)15-13(8)16)17-12-7-18-6-9(12)2/h4-5,9,12H,6-7H2,1-3H3. The van der Waals surface area contributed by atoms with Crippen molar-refractivity contribution in [1.82, 2.24) is 14.6 Å². The van der Waals surface area contributed by atoms with Crippen LogP contribution in [0.15, 0.2) is 12.4 Å². The molecule has 2 aromatic heterocycles. The summed E-state index contributed by atoms with van der Waals surface area (Å²) in [5, 5.41) is 4.28. The molecule has 1 fully saturated rings. The molecule has 3 rings (SSSR count). The Morgan fingerprint density at radius 1 is 1.39 bits per heavy atom. The van der Waals surface area contributed by atoms with Gasteiger partial charge in [-0.1, -0.05) is 6.92 Å². The summed E-state index contributed by atoms with van der Waals surface area (Å²) in [6, 6.07) is 0. The molecule has 2 atom stereocenters. The Kier molecular flexibility index (Phi) is 2.93. The van der Waals surface area contributed by atoms with E-state index < -0.39 is 0 Å². The van der Waals surface area contributed by atoms with Crippen molar-refractivity contribution in [3.63, 3.8) is 0 Å². The van der Waals surface area contributed by atoms with Gasteiger partial charge in [-0.2, -0.15) is 16.9 Å². The van der Waals surface area contributed by atoms with E-state index in [1.165, 1.54) is 5.75 Å². The molecule has 0 radical (unpaired) electrons. The van der Waals surface area contributed by atoms with E-state index in [-0.39, 0.29) is 0 Å². The number of nitrogens with zero attached hydrogens (tertiary/aromatic N) is 3. The second-order valence-electron chi connectivity index (χ2n) is 4.96. The molecule has 1 aliphatic heterocycles. The minimum Gasteiger partial charge on any atom is -0.486 e. The summed E-state index contributed by atoms with van der Waals surface area (Å²) in [5.41, 5.74) is 2.94. The Hall–Kier alpha value is -1.23. The normalized spacial score (nSPS) is 23.7. The van der Waals surface area contributed by atoms with Crippen LogP contribution in [0, 0.1) is 19.8 Å². The second-order valence-corrected chi connectivity index (χ2v) is 6.03. The van der Waals surface area contributed by atoms with Gasteiger partial charge in [-0.3, -0.25) is 0 Å². The highest BCUT2D eigenvalue weighted by Gasteiger charge is 2.26. The third kappa shape index (κ3) is 1.96. The first kappa shape index (κ1) is 11.8. The molecule has 5 heteroatoms. The Bertz CT molecular complexity index is 581. The van der Waals surface area contributed by atoms with Crippen LogP contribution in [0.4, 0.5) is 0 Å². The lowest BCUT2D eigenvalue weighted by atomic mass is 10.1. The van der Waals surface area contributed by atoms with Crippen molar-refractivity contribution >= 4 is 17.4 Å². The van der Waals surface area contributed by atoms with Gasteiger partial charge in [0, 0.05) is 17.2 Å². The maximum atomic E-state index is 6.09. The molecular weight excluding hydrogens is 246 g/mol. The lowest BCUT2D eigenvalue weighted by molar-refractivity contribution is 0.182. The lowest BCUT2D eigenvalue weighted by Crippen LogP contribution is -2.23. The molecule has 0 aliphatic carbocycles. The van der Waals surface area contributed by atoms with Crippen molar-refractivity contribution in [3.05, 3.63) is 23.7 Å². The van der Waals surface area contributed by atoms with Gasteiger partial charge >= 0.3 is 0 Å². The van der Waals surface area contributed by atoms with Crippen LogP contribution in [0.2, 0.25) is 0 Å². The average Bonchev–Trinajstić information content (AvgIpc) is 2.89. The fourth-order valence-corrected chi connectivity index (χ4v) is 3.52. The molecule has 0 aromatic carbocycles. The van der Waals surface area contributed by atoms with Gasteiger partial charge in [0.2, 0.25) is 0 Å². The molecule has 0 amide bonds. The largest absolute Gasteiger partial charge is 0.486 e. The lowest BCUT2D eigenvalue weighted by Gasteiger charge is -2.18. The van der Waals surface area contributed by atoms with Gasteiger partial charge in [-0.25, -0.2) is 9.50 Å². The van der Waals surface area contributed by atoms with Crippen molar-refractivity contribution in [2.24, 2.45) is 5.92 Å². The fraction of sp³-hybridized carbons (Fsp3) is 0.538. The molecule has 2 unspecified atom stereocenters. The molecule has 1 saturated heterocycles. The SMILES string of the molecule is Cc1nc2c(C)cnn2cc1OC1CSCC1C. The summed E-state index contributed by atoms with van der Waals surface area (Å²) in [4.78, 5) is 4.57. The molecule has 18 heavy (non-hydrogen) atoms. The van der Waals surface area contributed by atoms with E-state index in [1.807, 2.05) is 38.0 Å². The second kappa shape index (κ2) is 4.46. The summed E-state index contributed by atoms with van der Waals surface area (Å²) in [5.74, 6) is 3.70. The number of aryl methyl sites for hydroxylation is 2. The van der Waals surface area contributed by atoms with E-state index in [0.29, 0.717) is 12.0 Å². The maximum Gasteiger partial charge on any atom is 0.159 e. The number of rotatable bonds is 2. The van der Waals surface area contributed by atoms with Crippen LogP contribution in [-0.2, 0) is 0 Å². The predicted octanol–water partition coefficient (Wildman–Crippen LogP) is 2.48. The van der Waals surface area contributed by atoms with E-state index in [0.717, 1.165) is 28.4 Å². The van der Waals surface area contributed by atoms with Crippen LogP contribution in [0.3, 0.4) is 0 Å². The van der Waals surface area contributed by atoms with Crippen LogP contribution in [0.5, 0.6) is 5.75 Å². The Balaban J connectivity index is 1.94. The van der Waals surface area contributed by atoms with Crippen molar-refractivity contribution in [3.8, 4) is 5.75 Å². The van der Waals surface area contributed by atoms with Gasteiger partial charge in [0.05, 0.1) is 18.1 Å². The van der Waals surface area contributed by atoms with Crippen LogP contribution < -0.4 is 4.74 Å². The molecule has 0 N–H and O–H groups in total. The third-order valence-corrected chi connectivity index (χ3v) is 4.72. The number of fused-ring (bicyclic) bond motifs is 1. The van der Waals surface area contributed by atoms with Gasteiger partial charge in [0.25, 0.3) is 0 Å². The highest BCUT2D eigenvalue weighted by molar-refractivity contribution is 7.99. The average molecular weight is 263 g/mol. The summed E-state index contributed by atoms with van der Waals surface area (Å²) < 4.78 is 7.89. The number of ether oxygens (including phenoxy) is 1. The van der Waals surface area contributed by atoms with Crippen LogP contribution in [0.25, 0.3) is 5.65 Å². The molecule has 0 bridgehead atoms. The summed E-state index contributed by atoms with van der Waals surface area (Å²) in [7, 11) is 0. The predicted molar refractivity (Wildman–Crippen MR) is 73.4 cm³/mol. The van der Waals surface area contributed by atoms with E-state index in [2.05, 4.69) is 17.0 Å². The van der Waals surface area contributed by atoms with Gasteiger partial charge in [0.15, 0.2) is 11.4 Å². The summed E-state index contributed by atoms with van der Waals surface area (Å²) in [6.07, 6.45) is 4.07. The minimum absolute atomic E-state index is 0.296. The van der Waals surface area contributed by atoms with Gasteiger partial charge in [0.1, 0.15) is 6.10 Å². The first-order valence-corrected chi connectivity index (χ1v) is 7.36. The van der Waals surface area contributed by atoms with Crippen molar-refractivity contribution in [1.29, 1.82) is 0 Å². The van der Waals surface area contributed by atoms with E-state index in [4.69, 9.17) is 4.74 Å². The molecule has 0 saturated carbocycles. The molecule has 3 heterocycles. The number of hydrogen-bond donors (Lipinski definition) is 0. The van der Waals surface area contributed by atoms with Crippen LogP contribution in [-0.4, -0.2) is 32.2 Å². The van der Waals surface area contributed by atoms with Gasteiger partial charge < -0.3 is 4.74 Å².